The lowest BCUT2D eigenvalue weighted by Crippen LogP contribution is -2.29. The molecule has 0 saturated carbocycles. The Bertz CT molecular complexity index is 741. The van der Waals surface area contributed by atoms with Crippen LogP contribution in [0.15, 0.2) is 54.7 Å². The fourth-order valence-electron chi connectivity index (χ4n) is 2.66. The van der Waals surface area contributed by atoms with Gasteiger partial charge in [-0.15, -0.1) is 0 Å². The summed E-state index contributed by atoms with van der Waals surface area (Å²) in [6.07, 6.45) is 2.15. The van der Waals surface area contributed by atoms with Crippen molar-refractivity contribution in [3.63, 3.8) is 0 Å². The van der Waals surface area contributed by atoms with Crippen LogP contribution in [0.2, 0.25) is 5.02 Å². The Morgan fingerprint density at radius 2 is 1.95 bits per heavy atom. The van der Waals surface area contributed by atoms with E-state index in [4.69, 9.17) is 11.6 Å². The number of Topliss-reactive ketones (excluding diaryl/α,β-unsaturated/α-hetero) is 1. The molecule has 0 N–H and O–H groups in total. The van der Waals surface area contributed by atoms with Crippen molar-refractivity contribution in [2.24, 2.45) is 0 Å². The largest absolute Gasteiger partial charge is 0.366 e. The number of carbonyl (C=O) groups excluding carboxylic acids is 1. The van der Waals surface area contributed by atoms with Gasteiger partial charge < -0.3 is 4.90 Å². The van der Waals surface area contributed by atoms with Crippen LogP contribution in [0, 0.1) is 5.82 Å². The molecule has 2 aromatic carbocycles. The first-order valence-corrected chi connectivity index (χ1v) is 7.45. The van der Waals surface area contributed by atoms with Crippen molar-refractivity contribution in [3.05, 3.63) is 76.7 Å². The van der Waals surface area contributed by atoms with E-state index in [0.29, 0.717) is 23.7 Å². The monoisotopic (exact) mass is 315 g/mol. The van der Waals surface area contributed by atoms with Gasteiger partial charge in [-0.2, -0.15) is 0 Å². The molecule has 0 fully saturated rings. The zero-order valence-electron chi connectivity index (χ0n) is 11.9. The molecule has 22 heavy (non-hydrogen) atoms. The van der Waals surface area contributed by atoms with Crippen LogP contribution in [0.25, 0.3) is 5.57 Å². The van der Waals surface area contributed by atoms with Crippen LogP contribution < -0.4 is 0 Å². The minimum atomic E-state index is -0.300. The molecule has 2 aromatic rings. The van der Waals surface area contributed by atoms with Gasteiger partial charge in [0.1, 0.15) is 5.82 Å². The zero-order chi connectivity index (χ0) is 15.5. The summed E-state index contributed by atoms with van der Waals surface area (Å²) in [6, 6.07) is 14.1. The lowest BCUT2D eigenvalue weighted by molar-refractivity contribution is -0.119. The van der Waals surface area contributed by atoms with E-state index in [0.717, 1.165) is 11.1 Å². The van der Waals surface area contributed by atoms with Gasteiger partial charge in [-0.25, -0.2) is 4.39 Å². The molecule has 1 aliphatic heterocycles. The highest BCUT2D eigenvalue weighted by Crippen LogP contribution is 2.26. The van der Waals surface area contributed by atoms with Gasteiger partial charge in [-0.1, -0.05) is 41.9 Å². The Morgan fingerprint density at radius 3 is 2.73 bits per heavy atom. The molecule has 0 atom stereocenters. The summed E-state index contributed by atoms with van der Waals surface area (Å²) in [5, 5.41) is 0.666. The minimum Gasteiger partial charge on any atom is -0.366 e. The number of rotatable bonds is 3. The Kier molecular flexibility index (Phi) is 4.25. The predicted molar refractivity (Wildman–Crippen MR) is 85.9 cm³/mol. The molecule has 1 aliphatic rings. The number of hydrogen-bond donors (Lipinski definition) is 0. The van der Waals surface area contributed by atoms with Crippen molar-refractivity contribution < 1.29 is 9.18 Å². The van der Waals surface area contributed by atoms with Gasteiger partial charge in [0.2, 0.25) is 0 Å². The Morgan fingerprint density at radius 1 is 1.14 bits per heavy atom. The standard InChI is InChI=1S/C18H15ClFNO/c19-15-5-3-4-13(8-15)10-21-11-14(9-16(22)12-21)17-6-1-2-7-18(17)20/h1-8,11H,9-10,12H2. The average Bonchev–Trinajstić information content (AvgIpc) is 2.47. The fraction of sp³-hybridized carbons (Fsp3) is 0.167. The Hall–Kier alpha value is -2.13. The van der Waals surface area contributed by atoms with Gasteiger partial charge in [-0.05, 0) is 29.3 Å². The lowest BCUT2D eigenvalue weighted by atomic mass is 9.98. The molecule has 112 valence electrons. The quantitative estimate of drug-likeness (QED) is 0.842. The van der Waals surface area contributed by atoms with Gasteiger partial charge in [0, 0.05) is 29.8 Å². The van der Waals surface area contributed by atoms with E-state index in [1.54, 1.807) is 18.2 Å². The molecule has 0 saturated heterocycles. The van der Waals surface area contributed by atoms with Gasteiger partial charge in [0.05, 0.1) is 6.54 Å². The maximum Gasteiger partial charge on any atom is 0.156 e. The number of hydrogen-bond acceptors (Lipinski definition) is 2. The number of nitrogens with zero attached hydrogens (tertiary/aromatic N) is 1. The van der Waals surface area contributed by atoms with Crippen LogP contribution in [-0.4, -0.2) is 17.2 Å². The second kappa shape index (κ2) is 6.32. The molecule has 0 amide bonds. The van der Waals surface area contributed by atoms with Crippen molar-refractivity contribution in [1.29, 1.82) is 0 Å². The number of allylic oxidation sites excluding steroid dienone is 1. The van der Waals surface area contributed by atoms with E-state index >= 15 is 0 Å². The van der Waals surface area contributed by atoms with E-state index in [1.807, 2.05) is 35.4 Å². The van der Waals surface area contributed by atoms with Gasteiger partial charge in [-0.3, -0.25) is 4.79 Å². The molecule has 0 unspecified atom stereocenters. The van der Waals surface area contributed by atoms with Crippen LogP contribution in [0.5, 0.6) is 0 Å². The SMILES string of the molecule is O=C1CC(c2ccccc2F)=CN(Cc2cccc(Cl)c2)C1. The lowest BCUT2D eigenvalue weighted by Gasteiger charge is -2.26. The maximum absolute atomic E-state index is 13.9. The third-order valence-electron chi connectivity index (χ3n) is 3.60. The summed E-state index contributed by atoms with van der Waals surface area (Å²) in [5.41, 5.74) is 2.23. The molecular formula is C18H15ClFNO. The first-order valence-electron chi connectivity index (χ1n) is 7.07. The van der Waals surface area contributed by atoms with E-state index in [-0.39, 0.29) is 18.0 Å². The highest BCUT2D eigenvalue weighted by molar-refractivity contribution is 6.30. The second-order valence-electron chi connectivity index (χ2n) is 5.38. The van der Waals surface area contributed by atoms with E-state index < -0.39 is 0 Å². The van der Waals surface area contributed by atoms with Gasteiger partial charge >= 0.3 is 0 Å². The second-order valence-corrected chi connectivity index (χ2v) is 5.82. The number of benzene rings is 2. The summed E-state index contributed by atoms with van der Waals surface area (Å²) >= 11 is 5.99. The highest BCUT2D eigenvalue weighted by Gasteiger charge is 2.20. The molecule has 0 aromatic heterocycles. The molecule has 1 heterocycles. The summed E-state index contributed by atoms with van der Waals surface area (Å²) < 4.78 is 13.9. The van der Waals surface area contributed by atoms with E-state index in [2.05, 4.69) is 0 Å². The minimum absolute atomic E-state index is 0.0859. The van der Waals surface area contributed by atoms with Gasteiger partial charge in [0.25, 0.3) is 0 Å². The van der Waals surface area contributed by atoms with Crippen LogP contribution >= 0.6 is 11.6 Å². The van der Waals surface area contributed by atoms with Crippen LogP contribution in [0.3, 0.4) is 0 Å². The molecule has 0 radical (unpaired) electrons. The molecular weight excluding hydrogens is 301 g/mol. The number of ketones is 1. The summed E-state index contributed by atoms with van der Waals surface area (Å²) in [7, 11) is 0. The topological polar surface area (TPSA) is 20.3 Å². The summed E-state index contributed by atoms with van der Waals surface area (Å²) in [5.74, 6) is -0.214. The highest BCUT2D eigenvalue weighted by atomic mass is 35.5. The molecule has 4 heteroatoms. The van der Waals surface area contributed by atoms with Crippen LogP contribution in [-0.2, 0) is 11.3 Å². The third-order valence-corrected chi connectivity index (χ3v) is 3.84. The maximum atomic E-state index is 13.9. The number of carbonyl (C=O) groups is 1. The molecule has 0 spiro atoms. The predicted octanol–water partition coefficient (Wildman–Crippen LogP) is 4.30. The first kappa shape index (κ1) is 14.8. The first-order chi connectivity index (χ1) is 10.6. The van der Waals surface area contributed by atoms with Crippen molar-refractivity contribution in [2.45, 2.75) is 13.0 Å². The summed E-state index contributed by atoms with van der Waals surface area (Å²) in [6.45, 7) is 0.911. The number of halogens is 2. The average molecular weight is 316 g/mol. The zero-order valence-corrected chi connectivity index (χ0v) is 12.7. The van der Waals surface area contributed by atoms with E-state index in [1.165, 1.54) is 6.07 Å². The molecule has 0 bridgehead atoms. The Balaban J connectivity index is 1.87. The van der Waals surface area contributed by atoms with E-state index in [9.17, 15) is 9.18 Å². The van der Waals surface area contributed by atoms with Gasteiger partial charge in [0.15, 0.2) is 5.78 Å². The Labute approximate surface area is 133 Å². The smallest absolute Gasteiger partial charge is 0.156 e. The molecule has 2 nitrogen and oxygen atoms in total. The normalized spacial score (nSPS) is 14.9. The van der Waals surface area contributed by atoms with Crippen molar-refractivity contribution in [3.8, 4) is 0 Å². The molecule has 0 aliphatic carbocycles. The molecule has 3 rings (SSSR count). The summed E-state index contributed by atoms with van der Waals surface area (Å²) in [4.78, 5) is 13.9. The van der Waals surface area contributed by atoms with Crippen LogP contribution in [0.4, 0.5) is 4.39 Å². The van der Waals surface area contributed by atoms with Crippen molar-refractivity contribution >= 4 is 23.0 Å². The van der Waals surface area contributed by atoms with Crippen molar-refractivity contribution in [2.75, 3.05) is 6.54 Å². The fourth-order valence-corrected chi connectivity index (χ4v) is 2.88. The van der Waals surface area contributed by atoms with Crippen molar-refractivity contribution in [1.82, 2.24) is 4.90 Å². The van der Waals surface area contributed by atoms with Crippen LogP contribution in [0.1, 0.15) is 17.5 Å². The third kappa shape index (κ3) is 3.37.